The van der Waals surface area contributed by atoms with E-state index in [0.717, 1.165) is 25.9 Å². The number of nitrogens with zero attached hydrogens (tertiary/aromatic N) is 3. The van der Waals surface area contributed by atoms with Crippen LogP contribution in [0, 0.1) is 5.92 Å². The maximum atomic E-state index is 12.3. The number of nitrogens with one attached hydrogen (secondary N) is 1. The minimum Gasteiger partial charge on any atom is -0.480 e. The summed E-state index contributed by atoms with van der Waals surface area (Å²) in [6, 6.07) is -0.992. The van der Waals surface area contributed by atoms with Gasteiger partial charge in [0.05, 0.1) is 11.2 Å². The predicted molar refractivity (Wildman–Crippen MR) is 82.2 cm³/mol. The lowest BCUT2D eigenvalue weighted by atomic mass is 10.0. The van der Waals surface area contributed by atoms with Gasteiger partial charge in [-0.3, -0.25) is 4.79 Å². The average Bonchev–Trinajstić information content (AvgIpc) is 2.98. The Morgan fingerprint density at radius 3 is 2.55 bits per heavy atom. The van der Waals surface area contributed by atoms with Gasteiger partial charge in [-0.05, 0) is 18.8 Å². The van der Waals surface area contributed by atoms with Gasteiger partial charge < -0.3 is 15.3 Å². The number of hydrogen-bond acceptors (Lipinski definition) is 5. The number of aromatic nitrogens is 2. The minimum absolute atomic E-state index is 0.00506. The number of amides is 1. The highest BCUT2D eigenvalue weighted by molar-refractivity contribution is 6.33. The second-order valence-electron chi connectivity index (χ2n) is 5.59. The Bertz CT molecular complexity index is 573. The van der Waals surface area contributed by atoms with E-state index in [1.54, 1.807) is 13.8 Å². The monoisotopic (exact) mass is 326 g/mol. The summed E-state index contributed by atoms with van der Waals surface area (Å²) in [4.78, 5) is 33.8. The highest BCUT2D eigenvalue weighted by Crippen LogP contribution is 2.20. The molecule has 7 nitrogen and oxygen atoms in total. The molecule has 1 aliphatic rings. The van der Waals surface area contributed by atoms with Crippen molar-refractivity contribution in [1.82, 2.24) is 15.3 Å². The van der Waals surface area contributed by atoms with Gasteiger partial charge >= 0.3 is 5.97 Å². The third-order valence-corrected chi connectivity index (χ3v) is 3.83. The molecule has 0 unspecified atom stereocenters. The molecule has 0 bridgehead atoms. The van der Waals surface area contributed by atoms with Crippen LogP contribution in [0.2, 0.25) is 5.02 Å². The standard InChI is InChI=1S/C14H19ClN4O3/c1-8(2)10(13(21)22)17-12(20)11-9(15)7-16-14(18-11)19-5-3-4-6-19/h7-8,10H,3-6H2,1-2H3,(H,17,20)(H,21,22)/t10-/m1/s1. The molecule has 0 radical (unpaired) electrons. The molecule has 2 heterocycles. The van der Waals surface area contributed by atoms with E-state index in [1.807, 2.05) is 4.90 Å². The number of carboxylic acid groups (broad SMARTS) is 1. The van der Waals surface area contributed by atoms with Crippen LogP contribution in [-0.4, -0.2) is 46.1 Å². The number of rotatable bonds is 5. The van der Waals surface area contributed by atoms with E-state index >= 15 is 0 Å². The van der Waals surface area contributed by atoms with Gasteiger partial charge in [0.1, 0.15) is 6.04 Å². The lowest BCUT2D eigenvalue weighted by Crippen LogP contribution is -2.44. The fraction of sp³-hybridized carbons (Fsp3) is 0.571. The molecule has 1 fully saturated rings. The van der Waals surface area contributed by atoms with Crippen molar-refractivity contribution in [2.45, 2.75) is 32.7 Å². The number of aliphatic carboxylic acids is 1. The Kier molecular flexibility index (Phi) is 5.18. The van der Waals surface area contributed by atoms with Crippen molar-refractivity contribution in [3.8, 4) is 0 Å². The predicted octanol–water partition coefficient (Wildman–Crippen LogP) is 1.57. The van der Waals surface area contributed by atoms with Crippen LogP contribution in [0.25, 0.3) is 0 Å². The Balaban J connectivity index is 2.21. The van der Waals surface area contributed by atoms with Crippen molar-refractivity contribution < 1.29 is 14.7 Å². The number of carboxylic acids is 1. The summed E-state index contributed by atoms with van der Waals surface area (Å²) < 4.78 is 0. The van der Waals surface area contributed by atoms with Gasteiger partial charge in [-0.1, -0.05) is 25.4 Å². The van der Waals surface area contributed by atoms with E-state index in [0.29, 0.717) is 5.95 Å². The minimum atomic E-state index is -1.09. The zero-order chi connectivity index (χ0) is 16.3. The third kappa shape index (κ3) is 3.65. The first-order valence-electron chi connectivity index (χ1n) is 7.21. The fourth-order valence-corrected chi connectivity index (χ4v) is 2.49. The van der Waals surface area contributed by atoms with E-state index in [1.165, 1.54) is 6.20 Å². The quantitative estimate of drug-likeness (QED) is 0.852. The number of anilines is 1. The molecule has 8 heteroatoms. The van der Waals surface area contributed by atoms with Crippen molar-refractivity contribution in [3.05, 3.63) is 16.9 Å². The van der Waals surface area contributed by atoms with Crippen LogP contribution < -0.4 is 10.2 Å². The molecule has 0 saturated carbocycles. The lowest BCUT2D eigenvalue weighted by molar-refractivity contribution is -0.140. The molecule has 1 amide bonds. The number of carbonyl (C=O) groups excluding carboxylic acids is 1. The molecule has 2 N–H and O–H groups in total. The van der Waals surface area contributed by atoms with Crippen molar-refractivity contribution >= 4 is 29.4 Å². The Morgan fingerprint density at radius 2 is 2.00 bits per heavy atom. The molecule has 1 aliphatic heterocycles. The molecule has 0 aliphatic carbocycles. The summed E-state index contributed by atoms with van der Waals surface area (Å²) in [6.07, 6.45) is 3.49. The number of halogens is 1. The van der Waals surface area contributed by atoms with Gasteiger partial charge in [0.2, 0.25) is 5.95 Å². The second-order valence-corrected chi connectivity index (χ2v) is 6.00. The Hall–Kier alpha value is -1.89. The summed E-state index contributed by atoms with van der Waals surface area (Å²) in [5.41, 5.74) is 0.00506. The van der Waals surface area contributed by atoms with Gasteiger partial charge in [0.25, 0.3) is 5.91 Å². The molecular formula is C14H19ClN4O3. The highest BCUT2D eigenvalue weighted by atomic mass is 35.5. The van der Waals surface area contributed by atoms with Gasteiger partial charge in [0.15, 0.2) is 5.69 Å². The van der Waals surface area contributed by atoms with Gasteiger partial charge in [-0.15, -0.1) is 0 Å². The first-order chi connectivity index (χ1) is 10.4. The average molecular weight is 327 g/mol. The van der Waals surface area contributed by atoms with E-state index in [4.69, 9.17) is 16.7 Å². The topological polar surface area (TPSA) is 95.4 Å². The maximum absolute atomic E-state index is 12.3. The highest BCUT2D eigenvalue weighted by Gasteiger charge is 2.26. The van der Waals surface area contributed by atoms with E-state index in [9.17, 15) is 9.59 Å². The summed E-state index contributed by atoms with van der Waals surface area (Å²) >= 11 is 5.99. The van der Waals surface area contributed by atoms with Crippen LogP contribution in [-0.2, 0) is 4.79 Å². The smallest absolute Gasteiger partial charge is 0.326 e. The second kappa shape index (κ2) is 6.91. The molecule has 1 aromatic rings. The molecule has 0 spiro atoms. The Labute approximate surface area is 133 Å². The number of carbonyl (C=O) groups is 2. The third-order valence-electron chi connectivity index (χ3n) is 3.55. The van der Waals surface area contributed by atoms with Crippen molar-refractivity contribution in [3.63, 3.8) is 0 Å². The normalized spacial score (nSPS) is 15.9. The van der Waals surface area contributed by atoms with Crippen molar-refractivity contribution in [2.75, 3.05) is 18.0 Å². The van der Waals surface area contributed by atoms with Crippen molar-refractivity contribution in [1.29, 1.82) is 0 Å². The number of hydrogen-bond donors (Lipinski definition) is 2. The lowest BCUT2D eigenvalue weighted by Gasteiger charge is -2.19. The van der Waals surface area contributed by atoms with Crippen LogP contribution in [0.1, 0.15) is 37.2 Å². The summed E-state index contributed by atoms with van der Waals surface area (Å²) in [6.45, 7) is 5.12. The zero-order valence-corrected chi connectivity index (χ0v) is 13.3. The van der Waals surface area contributed by atoms with E-state index < -0.39 is 17.9 Å². The first kappa shape index (κ1) is 16.5. The summed E-state index contributed by atoms with van der Waals surface area (Å²) in [7, 11) is 0. The maximum Gasteiger partial charge on any atom is 0.326 e. The van der Waals surface area contributed by atoms with Gasteiger partial charge in [0, 0.05) is 13.1 Å². The molecule has 1 atom stereocenters. The Morgan fingerprint density at radius 1 is 1.36 bits per heavy atom. The van der Waals surface area contributed by atoms with E-state index in [2.05, 4.69) is 15.3 Å². The molecule has 120 valence electrons. The summed E-state index contributed by atoms with van der Waals surface area (Å²) in [5, 5.41) is 11.7. The van der Waals surface area contributed by atoms with Crippen LogP contribution in [0.4, 0.5) is 5.95 Å². The van der Waals surface area contributed by atoms with Crippen LogP contribution in [0.5, 0.6) is 0 Å². The molecular weight excluding hydrogens is 308 g/mol. The first-order valence-corrected chi connectivity index (χ1v) is 7.59. The molecule has 1 saturated heterocycles. The van der Waals surface area contributed by atoms with Gasteiger partial charge in [-0.2, -0.15) is 0 Å². The largest absolute Gasteiger partial charge is 0.480 e. The molecule has 2 rings (SSSR count). The zero-order valence-electron chi connectivity index (χ0n) is 12.5. The van der Waals surface area contributed by atoms with E-state index in [-0.39, 0.29) is 16.6 Å². The molecule has 1 aromatic heterocycles. The van der Waals surface area contributed by atoms with Crippen LogP contribution in [0.3, 0.4) is 0 Å². The van der Waals surface area contributed by atoms with Crippen molar-refractivity contribution in [2.24, 2.45) is 5.92 Å². The van der Waals surface area contributed by atoms with Crippen LogP contribution in [0.15, 0.2) is 6.20 Å². The fourth-order valence-electron chi connectivity index (χ4n) is 2.31. The SMILES string of the molecule is CC(C)[C@@H](NC(=O)c1nc(N2CCCC2)ncc1Cl)C(=O)O. The molecule has 22 heavy (non-hydrogen) atoms. The van der Waals surface area contributed by atoms with Crippen LogP contribution >= 0.6 is 11.6 Å². The molecule has 0 aromatic carbocycles. The van der Waals surface area contributed by atoms with Gasteiger partial charge in [-0.25, -0.2) is 14.8 Å². The summed E-state index contributed by atoms with van der Waals surface area (Å²) in [5.74, 6) is -1.49.